The predicted octanol–water partition coefficient (Wildman–Crippen LogP) is 1.93. The number of nitrogens with one attached hydrogen (secondary N) is 1. The van der Waals surface area contributed by atoms with Gasteiger partial charge in [-0.25, -0.2) is 14.3 Å². The number of hydrogen-bond acceptors (Lipinski definition) is 4. The second-order valence-electron chi connectivity index (χ2n) is 6.54. The summed E-state index contributed by atoms with van der Waals surface area (Å²) in [7, 11) is -3.61. The molecule has 1 amide bonds. The monoisotopic (exact) mass is 373 g/mol. The minimum Gasteiger partial charge on any atom is -0.290 e. The quantitative estimate of drug-likeness (QED) is 0.476. The van der Waals surface area contributed by atoms with Gasteiger partial charge in [0.15, 0.2) is 0 Å². The number of amides is 1. The summed E-state index contributed by atoms with van der Waals surface area (Å²) in [4.78, 5) is 11.8. The Bertz CT molecular complexity index is 861. The minimum absolute atomic E-state index is 0.125. The van der Waals surface area contributed by atoms with Crippen molar-refractivity contribution < 1.29 is 13.2 Å². The molecule has 0 saturated carbocycles. The molecule has 3 N–H and O–H groups in total. The number of carbonyl (C=O) groups excluding carboxylic acids is 1. The molecule has 0 radical (unpaired) electrons. The zero-order chi connectivity index (χ0) is 18.6. The lowest BCUT2D eigenvalue weighted by atomic mass is 9.91. The van der Waals surface area contributed by atoms with E-state index in [0.29, 0.717) is 19.0 Å². The van der Waals surface area contributed by atoms with Gasteiger partial charge in [-0.2, -0.15) is 4.31 Å². The van der Waals surface area contributed by atoms with Crippen LogP contribution >= 0.6 is 0 Å². The first kappa shape index (κ1) is 18.6. The van der Waals surface area contributed by atoms with Crippen LogP contribution in [0.25, 0.3) is 0 Å². The van der Waals surface area contributed by atoms with Gasteiger partial charge in [0.2, 0.25) is 10.0 Å². The van der Waals surface area contributed by atoms with Crippen LogP contribution in [-0.4, -0.2) is 31.7 Å². The summed E-state index contributed by atoms with van der Waals surface area (Å²) in [5.41, 5.74) is 3.54. The predicted molar refractivity (Wildman–Crippen MR) is 99.7 cm³/mol. The zero-order valence-electron chi connectivity index (χ0n) is 14.5. The molecule has 26 heavy (non-hydrogen) atoms. The van der Waals surface area contributed by atoms with Crippen LogP contribution in [0.3, 0.4) is 0 Å². The third kappa shape index (κ3) is 4.12. The SMILES string of the molecule is NNC(=O)c1cccc(S(=O)(=O)N2CCC(Cc3ccccc3)CC2)c1. The number of nitrogens with zero attached hydrogens (tertiary/aromatic N) is 1. The molecular weight excluding hydrogens is 350 g/mol. The van der Waals surface area contributed by atoms with E-state index < -0.39 is 15.9 Å². The van der Waals surface area contributed by atoms with Crippen molar-refractivity contribution in [1.82, 2.24) is 9.73 Å². The van der Waals surface area contributed by atoms with E-state index in [-0.39, 0.29) is 10.5 Å². The lowest BCUT2D eigenvalue weighted by molar-refractivity contribution is 0.0953. The topological polar surface area (TPSA) is 92.5 Å². The Balaban J connectivity index is 1.67. The van der Waals surface area contributed by atoms with Crippen LogP contribution in [0.5, 0.6) is 0 Å². The van der Waals surface area contributed by atoms with Crippen LogP contribution in [0, 0.1) is 5.92 Å². The van der Waals surface area contributed by atoms with Gasteiger partial charge >= 0.3 is 0 Å². The highest BCUT2D eigenvalue weighted by atomic mass is 32.2. The molecule has 7 heteroatoms. The van der Waals surface area contributed by atoms with Gasteiger partial charge in [0.1, 0.15) is 0 Å². The lowest BCUT2D eigenvalue weighted by Crippen LogP contribution is -2.39. The van der Waals surface area contributed by atoms with Crippen molar-refractivity contribution in [3.05, 3.63) is 65.7 Å². The van der Waals surface area contributed by atoms with E-state index in [4.69, 9.17) is 5.84 Å². The highest BCUT2D eigenvalue weighted by Crippen LogP contribution is 2.26. The van der Waals surface area contributed by atoms with Crippen LogP contribution in [-0.2, 0) is 16.4 Å². The summed E-state index contributed by atoms with van der Waals surface area (Å²) >= 11 is 0. The maximum absolute atomic E-state index is 12.9. The number of hydrazine groups is 1. The fourth-order valence-corrected chi connectivity index (χ4v) is 4.85. The number of sulfonamides is 1. The van der Waals surface area contributed by atoms with E-state index in [9.17, 15) is 13.2 Å². The van der Waals surface area contributed by atoms with Crippen LogP contribution < -0.4 is 11.3 Å². The van der Waals surface area contributed by atoms with Crippen LogP contribution in [0.15, 0.2) is 59.5 Å². The van der Waals surface area contributed by atoms with Gasteiger partial charge in [-0.05, 0) is 48.9 Å². The smallest absolute Gasteiger partial charge is 0.265 e. The Hall–Kier alpha value is -2.22. The first-order valence-corrected chi connectivity index (χ1v) is 10.1. The van der Waals surface area contributed by atoms with Crippen LogP contribution in [0.1, 0.15) is 28.8 Å². The normalized spacial score (nSPS) is 16.3. The summed E-state index contributed by atoms with van der Waals surface area (Å²) < 4.78 is 27.3. The Morgan fingerprint density at radius 2 is 1.77 bits per heavy atom. The van der Waals surface area contributed by atoms with Crippen LogP contribution in [0.2, 0.25) is 0 Å². The van der Waals surface area contributed by atoms with E-state index in [1.54, 1.807) is 6.07 Å². The van der Waals surface area contributed by atoms with Crippen molar-refractivity contribution in [3.8, 4) is 0 Å². The molecule has 0 aromatic heterocycles. The number of piperidine rings is 1. The first-order valence-electron chi connectivity index (χ1n) is 8.66. The van der Waals surface area contributed by atoms with Gasteiger partial charge in [-0.3, -0.25) is 10.2 Å². The van der Waals surface area contributed by atoms with E-state index in [1.165, 1.54) is 28.1 Å². The summed E-state index contributed by atoms with van der Waals surface area (Å²) in [6.45, 7) is 0.986. The zero-order valence-corrected chi connectivity index (χ0v) is 15.3. The molecule has 1 saturated heterocycles. The lowest BCUT2D eigenvalue weighted by Gasteiger charge is -2.31. The third-order valence-electron chi connectivity index (χ3n) is 4.81. The molecule has 1 heterocycles. The maximum Gasteiger partial charge on any atom is 0.265 e. The highest BCUT2D eigenvalue weighted by molar-refractivity contribution is 7.89. The molecule has 1 fully saturated rings. The fourth-order valence-electron chi connectivity index (χ4n) is 3.33. The molecule has 0 spiro atoms. The summed E-state index contributed by atoms with van der Waals surface area (Å²) in [6, 6.07) is 16.2. The molecule has 6 nitrogen and oxygen atoms in total. The minimum atomic E-state index is -3.61. The van der Waals surface area contributed by atoms with E-state index in [2.05, 4.69) is 12.1 Å². The first-order chi connectivity index (χ1) is 12.5. The van der Waals surface area contributed by atoms with E-state index >= 15 is 0 Å². The summed E-state index contributed by atoms with van der Waals surface area (Å²) in [6.07, 6.45) is 2.63. The standard InChI is InChI=1S/C19H23N3O3S/c20-21-19(23)17-7-4-8-18(14-17)26(24,25)22-11-9-16(10-12-22)13-15-5-2-1-3-6-15/h1-8,14,16H,9-13,20H2,(H,21,23). The van der Waals surface area contributed by atoms with Crippen molar-refractivity contribution >= 4 is 15.9 Å². The summed E-state index contributed by atoms with van der Waals surface area (Å²) in [5.74, 6) is 5.10. The highest BCUT2D eigenvalue weighted by Gasteiger charge is 2.29. The van der Waals surface area contributed by atoms with Gasteiger partial charge in [-0.1, -0.05) is 36.4 Å². The Labute approximate surface area is 154 Å². The molecule has 2 aromatic rings. The van der Waals surface area contributed by atoms with Crippen LogP contribution in [0.4, 0.5) is 0 Å². The maximum atomic E-state index is 12.9. The van der Waals surface area contributed by atoms with Gasteiger partial charge in [0.25, 0.3) is 5.91 Å². The molecule has 0 aliphatic carbocycles. The second-order valence-corrected chi connectivity index (χ2v) is 8.48. The molecule has 1 aliphatic rings. The summed E-state index contributed by atoms with van der Waals surface area (Å²) in [5, 5.41) is 0. The molecular formula is C19H23N3O3S. The Kier molecular flexibility index (Phi) is 5.70. The van der Waals surface area contributed by atoms with Gasteiger partial charge in [-0.15, -0.1) is 0 Å². The molecule has 138 valence electrons. The molecule has 2 aromatic carbocycles. The molecule has 1 aliphatic heterocycles. The van der Waals surface area contributed by atoms with Gasteiger partial charge < -0.3 is 0 Å². The molecule has 3 rings (SSSR count). The number of benzene rings is 2. The van der Waals surface area contributed by atoms with Gasteiger partial charge in [0.05, 0.1) is 4.90 Å². The van der Waals surface area contributed by atoms with Crippen molar-refractivity contribution in [1.29, 1.82) is 0 Å². The number of carbonyl (C=O) groups is 1. The number of nitrogens with two attached hydrogens (primary N) is 1. The average molecular weight is 373 g/mol. The average Bonchev–Trinajstić information content (AvgIpc) is 2.68. The van der Waals surface area contributed by atoms with Gasteiger partial charge in [0, 0.05) is 18.7 Å². The Morgan fingerprint density at radius 3 is 2.42 bits per heavy atom. The second kappa shape index (κ2) is 7.99. The third-order valence-corrected chi connectivity index (χ3v) is 6.70. The van der Waals surface area contributed by atoms with E-state index in [1.807, 2.05) is 23.6 Å². The molecule has 0 unspecified atom stereocenters. The van der Waals surface area contributed by atoms with Crippen molar-refractivity contribution in [2.45, 2.75) is 24.2 Å². The number of hydrogen-bond donors (Lipinski definition) is 2. The van der Waals surface area contributed by atoms with E-state index in [0.717, 1.165) is 19.3 Å². The molecule has 0 atom stereocenters. The largest absolute Gasteiger partial charge is 0.290 e. The molecule has 0 bridgehead atoms. The fraction of sp³-hybridized carbons (Fsp3) is 0.316. The van der Waals surface area contributed by atoms with Crippen molar-refractivity contribution in [3.63, 3.8) is 0 Å². The van der Waals surface area contributed by atoms with Crippen molar-refractivity contribution in [2.24, 2.45) is 11.8 Å². The Morgan fingerprint density at radius 1 is 1.08 bits per heavy atom. The number of nitrogen functional groups attached to an aromatic ring is 1. The number of rotatable bonds is 5. The van der Waals surface area contributed by atoms with Crippen molar-refractivity contribution in [2.75, 3.05) is 13.1 Å².